The number of aromatic nitrogens is 1. The van der Waals surface area contributed by atoms with Crippen LogP contribution in [0.3, 0.4) is 0 Å². The molecule has 1 N–H and O–H groups in total. The first-order valence-electron chi connectivity index (χ1n) is 8.51. The Balaban J connectivity index is 1.61. The molecule has 0 radical (unpaired) electrons. The van der Waals surface area contributed by atoms with E-state index in [1.165, 1.54) is 17.8 Å². The Labute approximate surface area is 152 Å². The highest BCUT2D eigenvalue weighted by Crippen LogP contribution is 2.33. The largest absolute Gasteiger partial charge is 0.268 e. The zero-order valence-electron chi connectivity index (χ0n) is 14.1. The molecule has 0 bridgehead atoms. The van der Waals surface area contributed by atoms with Crippen LogP contribution in [0.1, 0.15) is 46.0 Å². The second-order valence-corrected chi connectivity index (χ2v) is 11.1. The molecule has 132 valence electrons. The number of sulfonamides is 1. The number of para-hydroxylation sites is 1. The molecule has 1 aromatic heterocycles. The topological polar surface area (TPSA) is 59.1 Å². The van der Waals surface area contributed by atoms with Crippen LogP contribution in [-0.2, 0) is 10.0 Å². The van der Waals surface area contributed by atoms with Crippen LogP contribution in [0.15, 0.2) is 28.6 Å². The molecule has 1 heterocycles. The van der Waals surface area contributed by atoms with Gasteiger partial charge < -0.3 is 0 Å². The second-order valence-electron chi connectivity index (χ2n) is 6.40. The van der Waals surface area contributed by atoms with Gasteiger partial charge in [0.2, 0.25) is 4.34 Å². The summed E-state index contributed by atoms with van der Waals surface area (Å²) >= 11 is 3.29. The third-order valence-corrected chi connectivity index (χ3v) is 9.09. The molecule has 0 saturated heterocycles. The zero-order valence-corrected chi connectivity index (χ0v) is 16.5. The van der Waals surface area contributed by atoms with Gasteiger partial charge in [-0.1, -0.05) is 26.0 Å². The van der Waals surface area contributed by atoms with E-state index in [9.17, 15) is 8.42 Å². The molecule has 3 rings (SSSR count). The zero-order chi connectivity index (χ0) is 17.2. The highest BCUT2D eigenvalue weighted by Gasteiger charge is 2.28. The molecule has 7 heteroatoms. The average Bonchev–Trinajstić information content (AvgIpc) is 3.01. The van der Waals surface area contributed by atoms with Crippen LogP contribution in [0.25, 0.3) is 10.2 Å². The predicted octanol–water partition coefficient (Wildman–Crippen LogP) is 4.42. The molecule has 24 heavy (non-hydrogen) atoms. The third-order valence-electron chi connectivity index (χ3n) is 4.50. The van der Waals surface area contributed by atoms with E-state index in [1.54, 1.807) is 0 Å². The summed E-state index contributed by atoms with van der Waals surface area (Å²) in [6, 6.07) is 7.57. The number of nitrogens with one attached hydrogen (secondary N) is 1. The van der Waals surface area contributed by atoms with Gasteiger partial charge in [0.25, 0.3) is 10.0 Å². The van der Waals surface area contributed by atoms with Gasteiger partial charge >= 0.3 is 0 Å². The van der Waals surface area contributed by atoms with Crippen molar-refractivity contribution < 1.29 is 8.42 Å². The summed E-state index contributed by atoms with van der Waals surface area (Å²) in [5, 5.41) is 1.36. The van der Waals surface area contributed by atoms with E-state index in [4.69, 9.17) is 0 Å². The minimum Gasteiger partial charge on any atom is -0.224 e. The number of thiazole rings is 1. The van der Waals surface area contributed by atoms with Crippen molar-refractivity contribution in [3.05, 3.63) is 24.3 Å². The van der Waals surface area contributed by atoms with Gasteiger partial charge in [0, 0.05) is 16.5 Å². The first kappa shape index (κ1) is 18.2. The number of rotatable bonds is 6. The van der Waals surface area contributed by atoms with Gasteiger partial charge in [-0.3, -0.25) is 0 Å². The number of fused-ring (bicyclic) bond motifs is 1. The van der Waals surface area contributed by atoms with Crippen LogP contribution in [0.2, 0.25) is 0 Å². The maximum atomic E-state index is 12.6. The Morgan fingerprint density at radius 1 is 1.29 bits per heavy atom. The van der Waals surface area contributed by atoms with Crippen molar-refractivity contribution in [3.63, 3.8) is 0 Å². The van der Waals surface area contributed by atoms with Crippen LogP contribution < -0.4 is 4.72 Å². The quantitative estimate of drug-likeness (QED) is 0.801. The first-order chi connectivity index (χ1) is 11.5. The summed E-state index contributed by atoms with van der Waals surface area (Å²) in [5.41, 5.74) is 0.747. The fourth-order valence-electron chi connectivity index (χ4n) is 2.98. The molecular formula is C17H24N2O2S3. The highest BCUT2D eigenvalue weighted by molar-refractivity contribution is 8.00. The normalized spacial score (nSPS) is 23.4. The van der Waals surface area contributed by atoms with E-state index in [1.807, 2.05) is 24.3 Å². The summed E-state index contributed by atoms with van der Waals surface area (Å²) in [7, 11) is -3.52. The minimum absolute atomic E-state index is 0.0378. The molecule has 0 aliphatic heterocycles. The molecule has 1 aliphatic carbocycles. The van der Waals surface area contributed by atoms with Gasteiger partial charge in [0.1, 0.15) is 0 Å². The Kier molecular flexibility index (Phi) is 5.85. The maximum Gasteiger partial charge on any atom is 0.268 e. The molecule has 1 aromatic carbocycles. The molecule has 4 nitrogen and oxygen atoms in total. The second kappa shape index (κ2) is 7.72. The fraction of sp³-hybridized carbons (Fsp3) is 0.588. The molecule has 1 aliphatic rings. The van der Waals surface area contributed by atoms with Crippen molar-refractivity contribution in [3.8, 4) is 0 Å². The van der Waals surface area contributed by atoms with Gasteiger partial charge in [0.05, 0.1) is 10.2 Å². The van der Waals surface area contributed by atoms with Crippen molar-refractivity contribution in [2.24, 2.45) is 0 Å². The lowest BCUT2D eigenvalue weighted by atomic mass is 9.96. The summed E-state index contributed by atoms with van der Waals surface area (Å²) in [6.07, 6.45) is 5.19. The molecular weight excluding hydrogens is 360 g/mol. The minimum atomic E-state index is -3.52. The fourth-order valence-corrected chi connectivity index (χ4v) is 6.91. The van der Waals surface area contributed by atoms with Gasteiger partial charge in [-0.25, -0.2) is 18.1 Å². The standard InChI is InChI=1S/C17H24N2O2S3/c1-3-12(2)22-14-10-8-13(9-11-14)19-24(20,21)17-18-15-6-4-5-7-16(15)23-17/h4-7,12-14,19H,3,8-11H2,1-2H3. The van der Waals surface area contributed by atoms with Crippen LogP contribution in [0.4, 0.5) is 0 Å². The Bertz CT molecular complexity index is 747. The molecule has 1 unspecified atom stereocenters. The summed E-state index contributed by atoms with van der Waals surface area (Å²) < 4.78 is 29.2. The summed E-state index contributed by atoms with van der Waals surface area (Å²) in [4.78, 5) is 4.28. The smallest absolute Gasteiger partial charge is 0.224 e. The number of benzene rings is 1. The number of thioether (sulfide) groups is 1. The number of nitrogens with zero attached hydrogens (tertiary/aromatic N) is 1. The van der Waals surface area contributed by atoms with Crippen LogP contribution in [0.5, 0.6) is 0 Å². The van der Waals surface area contributed by atoms with E-state index in [-0.39, 0.29) is 10.4 Å². The molecule has 1 atom stereocenters. The Morgan fingerprint density at radius 3 is 2.67 bits per heavy atom. The van der Waals surface area contributed by atoms with Crippen molar-refractivity contribution in [2.45, 2.75) is 66.8 Å². The van der Waals surface area contributed by atoms with E-state index in [2.05, 4.69) is 35.3 Å². The van der Waals surface area contributed by atoms with Crippen molar-refractivity contribution in [1.82, 2.24) is 9.71 Å². The van der Waals surface area contributed by atoms with Crippen LogP contribution in [-0.4, -0.2) is 29.9 Å². The Morgan fingerprint density at radius 2 is 2.00 bits per heavy atom. The Hall–Kier alpha value is -0.630. The van der Waals surface area contributed by atoms with Crippen LogP contribution in [0, 0.1) is 0 Å². The van der Waals surface area contributed by atoms with Crippen molar-refractivity contribution >= 4 is 43.3 Å². The van der Waals surface area contributed by atoms with Crippen molar-refractivity contribution in [2.75, 3.05) is 0 Å². The SMILES string of the molecule is CCC(C)SC1CCC(NS(=O)(=O)c2nc3ccccc3s2)CC1. The lowest BCUT2D eigenvalue weighted by Crippen LogP contribution is -2.38. The van der Waals surface area contributed by atoms with E-state index in [0.717, 1.165) is 35.9 Å². The lowest BCUT2D eigenvalue weighted by molar-refractivity contribution is 0.419. The monoisotopic (exact) mass is 384 g/mol. The maximum absolute atomic E-state index is 12.6. The average molecular weight is 385 g/mol. The van der Waals surface area contributed by atoms with Gasteiger partial charge in [-0.2, -0.15) is 11.8 Å². The lowest BCUT2D eigenvalue weighted by Gasteiger charge is -2.29. The molecule has 2 aromatic rings. The van der Waals surface area contributed by atoms with Gasteiger partial charge in [-0.15, -0.1) is 11.3 Å². The van der Waals surface area contributed by atoms with Crippen molar-refractivity contribution in [1.29, 1.82) is 0 Å². The molecule has 0 spiro atoms. The molecule has 1 fully saturated rings. The highest BCUT2D eigenvalue weighted by atomic mass is 32.2. The van der Waals surface area contributed by atoms with E-state index < -0.39 is 10.0 Å². The van der Waals surface area contributed by atoms with Gasteiger partial charge in [0.15, 0.2) is 0 Å². The third kappa shape index (κ3) is 4.31. The molecule has 0 amide bonds. The number of hydrogen-bond donors (Lipinski definition) is 1. The number of hydrogen-bond acceptors (Lipinski definition) is 5. The van der Waals surface area contributed by atoms with Gasteiger partial charge in [-0.05, 0) is 44.2 Å². The summed E-state index contributed by atoms with van der Waals surface area (Å²) in [6.45, 7) is 4.49. The predicted molar refractivity (Wildman–Crippen MR) is 103 cm³/mol. The summed E-state index contributed by atoms with van der Waals surface area (Å²) in [5.74, 6) is 0. The first-order valence-corrected chi connectivity index (χ1v) is 11.8. The molecule has 1 saturated carbocycles. The van der Waals surface area contributed by atoms with E-state index >= 15 is 0 Å². The van der Waals surface area contributed by atoms with Crippen LogP contribution >= 0.6 is 23.1 Å². The van der Waals surface area contributed by atoms with E-state index in [0.29, 0.717) is 10.5 Å².